The molecule has 0 saturated heterocycles. The highest BCUT2D eigenvalue weighted by atomic mass is 35.5. The molecule has 0 unspecified atom stereocenters. The smallest absolute Gasteiger partial charge is 0.176 e. The average molecular weight is 202 g/mol. The Morgan fingerprint density at radius 1 is 1.62 bits per heavy atom. The van der Waals surface area contributed by atoms with Gasteiger partial charge in [-0.2, -0.15) is 0 Å². The minimum Gasteiger partial charge on any atom is -0.313 e. The van der Waals surface area contributed by atoms with Gasteiger partial charge in [0.05, 0.1) is 11.6 Å². The Morgan fingerprint density at radius 3 is 2.85 bits per heavy atom. The molecule has 1 aromatic carbocycles. The van der Waals surface area contributed by atoms with Crippen molar-refractivity contribution in [3.05, 3.63) is 34.6 Å². The third kappa shape index (κ3) is 2.50. The second-order valence-electron chi connectivity index (χ2n) is 2.58. The van der Waals surface area contributed by atoms with Crippen molar-refractivity contribution in [2.24, 2.45) is 0 Å². The fourth-order valence-corrected chi connectivity index (χ4v) is 1.05. The van der Waals surface area contributed by atoms with Crippen molar-refractivity contribution in [1.29, 1.82) is 0 Å². The molecule has 13 heavy (non-hydrogen) atoms. The maximum absolute atomic E-state index is 12.9. The summed E-state index contributed by atoms with van der Waals surface area (Å²) in [5.74, 6) is -0.721. The molecule has 0 aromatic heterocycles. The van der Waals surface area contributed by atoms with E-state index < -0.39 is 5.82 Å². The van der Waals surface area contributed by atoms with Crippen LogP contribution in [0, 0.1) is 5.82 Å². The molecule has 0 spiro atoms. The zero-order chi connectivity index (χ0) is 9.84. The van der Waals surface area contributed by atoms with Crippen molar-refractivity contribution in [1.82, 2.24) is 5.32 Å². The zero-order valence-electron chi connectivity index (χ0n) is 7.10. The molecule has 70 valence electrons. The highest BCUT2D eigenvalue weighted by Gasteiger charge is 2.07. The molecule has 0 heterocycles. The molecule has 1 aromatic rings. The van der Waals surface area contributed by atoms with Gasteiger partial charge < -0.3 is 5.32 Å². The Kier molecular flexibility index (Phi) is 3.39. The van der Waals surface area contributed by atoms with Crippen LogP contribution >= 0.6 is 11.6 Å². The van der Waals surface area contributed by atoms with Gasteiger partial charge in [0.15, 0.2) is 5.78 Å². The van der Waals surface area contributed by atoms with E-state index in [1.54, 1.807) is 7.05 Å². The van der Waals surface area contributed by atoms with Crippen molar-refractivity contribution in [3.63, 3.8) is 0 Å². The van der Waals surface area contributed by atoms with Crippen LogP contribution in [0.3, 0.4) is 0 Å². The van der Waals surface area contributed by atoms with Gasteiger partial charge in [-0.05, 0) is 25.2 Å². The molecule has 0 amide bonds. The molecule has 4 heteroatoms. The molecule has 0 radical (unpaired) electrons. The lowest BCUT2D eigenvalue weighted by molar-refractivity contribution is 0.0993. The number of hydrogen-bond donors (Lipinski definition) is 1. The van der Waals surface area contributed by atoms with E-state index in [0.717, 1.165) is 6.07 Å². The Labute approximate surface area is 80.7 Å². The van der Waals surface area contributed by atoms with Crippen LogP contribution in [0.25, 0.3) is 0 Å². The largest absolute Gasteiger partial charge is 0.313 e. The standard InChI is InChI=1S/C9H9ClFNO/c1-12-5-9(13)6-2-3-7(10)8(11)4-6/h2-4,12H,5H2,1H3. The Bertz CT molecular complexity index is 327. The molecule has 1 rings (SSSR count). The van der Waals surface area contributed by atoms with Gasteiger partial charge in [0.25, 0.3) is 0 Å². The third-order valence-corrected chi connectivity index (χ3v) is 1.89. The quantitative estimate of drug-likeness (QED) is 0.757. The number of likely N-dealkylation sites (N-methyl/N-ethyl adjacent to an activating group) is 1. The number of carbonyl (C=O) groups excluding carboxylic acids is 1. The fraction of sp³-hybridized carbons (Fsp3) is 0.222. The van der Waals surface area contributed by atoms with Crippen LogP contribution < -0.4 is 5.32 Å². The van der Waals surface area contributed by atoms with Crippen molar-refractivity contribution >= 4 is 17.4 Å². The Balaban J connectivity index is 2.90. The molecule has 0 atom stereocenters. The Hall–Kier alpha value is -0.930. The second kappa shape index (κ2) is 4.35. The molecule has 0 aliphatic carbocycles. The van der Waals surface area contributed by atoms with E-state index in [4.69, 9.17) is 11.6 Å². The lowest BCUT2D eigenvalue weighted by Gasteiger charge is -2.00. The summed E-state index contributed by atoms with van der Waals surface area (Å²) in [5, 5.41) is 2.72. The lowest BCUT2D eigenvalue weighted by Crippen LogP contribution is -2.18. The minimum atomic E-state index is -0.566. The van der Waals surface area contributed by atoms with Crippen LogP contribution in [0.1, 0.15) is 10.4 Å². The first-order valence-electron chi connectivity index (χ1n) is 3.78. The van der Waals surface area contributed by atoms with E-state index in [1.807, 2.05) is 0 Å². The number of hydrogen-bond acceptors (Lipinski definition) is 2. The van der Waals surface area contributed by atoms with Gasteiger partial charge >= 0.3 is 0 Å². The van der Waals surface area contributed by atoms with Gasteiger partial charge in [-0.1, -0.05) is 11.6 Å². The molecule has 0 aliphatic heterocycles. The van der Waals surface area contributed by atoms with E-state index in [-0.39, 0.29) is 17.4 Å². The third-order valence-electron chi connectivity index (χ3n) is 1.58. The molecule has 2 nitrogen and oxygen atoms in total. The van der Waals surface area contributed by atoms with E-state index in [2.05, 4.69) is 5.32 Å². The summed E-state index contributed by atoms with van der Waals surface area (Å²) in [4.78, 5) is 11.2. The fourth-order valence-electron chi connectivity index (χ4n) is 0.932. The predicted molar refractivity (Wildman–Crippen MR) is 49.7 cm³/mol. The monoisotopic (exact) mass is 201 g/mol. The summed E-state index contributed by atoms with van der Waals surface area (Å²) in [6.07, 6.45) is 0. The predicted octanol–water partition coefficient (Wildman–Crippen LogP) is 1.88. The van der Waals surface area contributed by atoms with Crippen molar-refractivity contribution in [2.75, 3.05) is 13.6 Å². The summed E-state index contributed by atoms with van der Waals surface area (Å²) < 4.78 is 12.9. The lowest BCUT2D eigenvalue weighted by atomic mass is 10.1. The van der Waals surface area contributed by atoms with Crippen molar-refractivity contribution < 1.29 is 9.18 Å². The number of rotatable bonds is 3. The minimum absolute atomic E-state index is 0.0287. The van der Waals surface area contributed by atoms with E-state index in [0.29, 0.717) is 5.56 Å². The van der Waals surface area contributed by atoms with Gasteiger partial charge in [0, 0.05) is 5.56 Å². The summed E-state index contributed by atoms with van der Waals surface area (Å²) in [5.41, 5.74) is 0.330. The van der Waals surface area contributed by atoms with Crippen molar-refractivity contribution in [2.45, 2.75) is 0 Å². The van der Waals surface area contributed by atoms with E-state index >= 15 is 0 Å². The molecule has 0 fully saturated rings. The van der Waals surface area contributed by atoms with Crippen LogP contribution in [-0.4, -0.2) is 19.4 Å². The van der Waals surface area contributed by atoms with Crippen LogP contribution in [0.15, 0.2) is 18.2 Å². The first-order chi connectivity index (χ1) is 6.15. The van der Waals surface area contributed by atoms with E-state index in [9.17, 15) is 9.18 Å². The maximum atomic E-state index is 12.9. The Morgan fingerprint density at radius 2 is 2.31 bits per heavy atom. The number of carbonyl (C=O) groups is 1. The molecular formula is C9H9ClFNO. The van der Waals surface area contributed by atoms with E-state index in [1.165, 1.54) is 12.1 Å². The first-order valence-corrected chi connectivity index (χ1v) is 4.16. The van der Waals surface area contributed by atoms with Crippen LogP contribution in [0.5, 0.6) is 0 Å². The summed E-state index contributed by atoms with van der Waals surface area (Å²) in [7, 11) is 1.66. The molecule has 0 saturated carbocycles. The topological polar surface area (TPSA) is 29.1 Å². The number of Topliss-reactive ketones (excluding diaryl/α,β-unsaturated/α-hetero) is 1. The summed E-state index contributed by atoms with van der Waals surface area (Å²) in [6.45, 7) is 0.196. The molecule has 0 aliphatic rings. The van der Waals surface area contributed by atoms with Gasteiger partial charge in [-0.25, -0.2) is 4.39 Å². The number of ketones is 1. The summed E-state index contributed by atoms with van der Waals surface area (Å²) >= 11 is 5.46. The van der Waals surface area contributed by atoms with Crippen LogP contribution in [0.4, 0.5) is 4.39 Å². The molecular weight excluding hydrogens is 193 g/mol. The second-order valence-corrected chi connectivity index (χ2v) is 2.99. The van der Waals surface area contributed by atoms with Gasteiger partial charge in [0.1, 0.15) is 5.82 Å². The van der Waals surface area contributed by atoms with Crippen molar-refractivity contribution in [3.8, 4) is 0 Å². The van der Waals surface area contributed by atoms with Crippen LogP contribution in [0.2, 0.25) is 5.02 Å². The number of nitrogens with one attached hydrogen (secondary N) is 1. The average Bonchev–Trinajstić information content (AvgIpc) is 2.10. The maximum Gasteiger partial charge on any atom is 0.176 e. The number of halogens is 2. The molecule has 0 bridgehead atoms. The normalized spacial score (nSPS) is 10.1. The van der Waals surface area contributed by atoms with Gasteiger partial charge in [-0.3, -0.25) is 4.79 Å². The molecule has 1 N–H and O–H groups in total. The van der Waals surface area contributed by atoms with Crippen LogP contribution in [-0.2, 0) is 0 Å². The van der Waals surface area contributed by atoms with Gasteiger partial charge in [0.2, 0.25) is 0 Å². The SMILES string of the molecule is CNCC(=O)c1ccc(Cl)c(F)c1. The summed E-state index contributed by atoms with van der Waals surface area (Å²) in [6, 6.07) is 4.02. The first kappa shape index (κ1) is 10.2. The highest BCUT2D eigenvalue weighted by Crippen LogP contribution is 2.15. The highest BCUT2D eigenvalue weighted by molar-refractivity contribution is 6.30. The zero-order valence-corrected chi connectivity index (χ0v) is 7.86. The van der Waals surface area contributed by atoms with Gasteiger partial charge in [-0.15, -0.1) is 0 Å². The number of benzene rings is 1.